The van der Waals surface area contributed by atoms with Crippen molar-refractivity contribution >= 4 is 17.6 Å². The SMILES string of the molecule is COc1ccc(NC(=O)[C@H](CC(=O)[O-])Cc2ccccc2)cc1. The van der Waals surface area contributed by atoms with Gasteiger partial charge in [0.05, 0.1) is 7.11 Å². The molecule has 2 rings (SSSR count). The number of hydrogen-bond donors (Lipinski definition) is 1. The van der Waals surface area contributed by atoms with E-state index in [4.69, 9.17) is 4.74 Å². The highest BCUT2D eigenvalue weighted by molar-refractivity contribution is 5.94. The number of anilines is 1. The normalized spacial score (nSPS) is 11.5. The fourth-order valence-corrected chi connectivity index (χ4v) is 2.28. The number of hydrogen-bond acceptors (Lipinski definition) is 4. The second-order valence-corrected chi connectivity index (χ2v) is 5.18. The standard InChI is InChI=1S/C18H19NO4/c1-23-16-9-7-15(8-10-16)19-18(22)14(12-17(20)21)11-13-5-3-2-4-6-13/h2-10,14H,11-12H2,1H3,(H,19,22)(H,20,21)/p-1/t14-/m0/s1. The summed E-state index contributed by atoms with van der Waals surface area (Å²) >= 11 is 0. The van der Waals surface area contributed by atoms with E-state index in [9.17, 15) is 14.7 Å². The minimum atomic E-state index is -1.24. The van der Waals surface area contributed by atoms with Gasteiger partial charge in [-0.3, -0.25) is 4.79 Å². The lowest BCUT2D eigenvalue weighted by Crippen LogP contribution is -2.32. The van der Waals surface area contributed by atoms with Crippen molar-refractivity contribution in [2.24, 2.45) is 5.92 Å². The fraction of sp³-hybridized carbons (Fsp3) is 0.222. The summed E-state index contributed by atoms with van der Waals surface area (Å²) in [5, 5.41) is 13.7. The van der Waals surface area contributed by atoms with Crippen molar-refractivity contribution in [2.75, 3.05) is 12.4 Å². The van der Waals surface area contributed by atoms with Crippen molar-refractivity contribution < 1.29 is 19.4 Å². The Hall–Kier alpha value is -2.82. The maximum atomic E-state index is 12.4. The molecule has 0 fully saturated rings. The van der Waals surface area contributed by atoms with E-state index in [-0.39, 0.29) is 12.3 Å². The van der Waals surface area contributed by atoms with Gasteiger partial charge in [0.2, 0.25) is 5.91 Å². The van der Waals surface area contributed by atoms with Crippen molar-refractivity contribution in [1.82, 2.24) is 0 Å². The van der Waals surface area contributed by atoms with Gasteiger partial charge in [-0.1, -0.05) is 30.3 Å². The van der Waals surface area contributed by atoms with Crippen LogP contribution in [0.5, 0.6) is 5.75 Å². The number of methoxy groups -OCH3 is 1. The van der Waals surface area contributed by atoms with Crippen LogP contribution in [0.4, 0.5) is 5.69 Å². The highest BCUT2D eigenvalue weighted by atomic mass is 16.5. The van der Waals surface area contributed by atoms with Crippen molar-refractivity contribution in [3.8, 4) is 5.75 Å². The number of carbonyl (C=O) groups is 2. The molecule has 0 aromatic heterocycles. The number of carboxylic acid groups (broad SMARTS) is 1. The van der Waals surface area contributed by atoms with Gasteiger partial charge in [0.1, 0.15) is 5.75 Å². The van der Waals surface area contributed by atoms with Gasteiger partial charge in [0.15, 0.2) is 0 Å². The molecule has 0 spiro atoms. The van der Waals surface area contributed by atoms with Crippen LogP contribution < -0.4 is 15.2 Å². The number of benzene rings is 2. The van der Waals surface area contributed by atoms with Crippen LogP contribution in [0.1, 0.15) is 12.0 Å². The molecule has 5 heteroatoms. The van der Waals surface area contributed by atoms with Gasteiger partial charge >= 0.3 is 0 Å². The number of rotatable bonds is 7. The summed E-state index contributed by atoms with van der Waals surface area (Å²) < 4.78 is 5.05. The Labute approximate surface area is 134 Å². The van der Waals surface area contributed by atoms with Crippen LogP contribution >= 0.6 is 0 Å². The van der Waals surface area contributed by atoms with Gasteiger partial charge in [-0.05, 0) is 42.7 Å². The molecular weight excluding hydrogens is 294 g/mol. The van der Waals surface area contributed by atoms with Gasteiger partial charge in [-0.15, -0.1) is 0 Å². The Morgan fingerprint density at radius 2 is 1.74 bits per heavy atom. The van der Waals surface area contributed by atoms with E-state index in [0.717, 1.165) is 5.56 Å². The van der Waals surface area contributed by atoms with E-state index in [0.29, 0.717) is 17.9 Å². The molecule has 0 saturated carbocycles. The molecule has 1 amide bonds. The highest BCUT2D eigenvalue weighted by Crippen LogP contribution is 2.18. The quantitative estimate of drug-likeness (QED) is 0.843. The van der Waals surface area contributed by atoms with Gasteiger partial charge in [-0.25, -0.2) is 0 Å². The average Bonchev–Trinajstić information content (AvgIpc) is 2.55. The number of ether oxygens (including phenoxy) is 1. The summed E-state index contributed by atoms with van der Waals surface area (Å²) in [6, 6.07) is 16.2. The van der Waals surface area contributed by atoms with Gasteiger partial charge < -0.3 is 20.0 Å². The predicted octanol–water partition coefficient (Wildman–Crippen LogP) is 1.63. The first-order chi connectivity index (χ1) is 11.1. The number of aliphatic carboxylic acids is 1. The molecule has 0 aliphatic carbocycles. The lowest BCUT2D eigenvalue weighted by Gasteiger charge is -2.17. The molecule has 0 aliphatic heterocycles. The summed E-state index contributed by atoms with van der Waals surface area (Å²) in [6.45, 7) is 0. The summed E-state index contributed by atoms with van der Waals surface area (Å²) in [4.78, 5) is 23.3. The van der Waals surface area contributed by atoms with E-state index in [1.54, 1.807) is 31.4 Å². The summed E-state index contributed by atoms with van der Waals surface area (Å²) in [6.07, 6.45) is 0.0215. The Morgan fingerprint density at radius 1 is 1.09 bits per heavy atom. The smallest absolute Gasteiger partial charge is 0.228 e. The fourth-order valence-electron chi connectivity index (χ4n) is 2.28. The van der Waals surface area contributed by atoms with Crippen LogP contribution in [-0.2, 0) is 16.0 Å². The Morgan fingerprint density at radius 3 is 2.30 bits per heavy atom. The summed E-state index contributed by atoms with van der Waals surface area (Å²) in [7, 11) is 1.56. The largest absolute Gasteiger partial charge is 0.550 e. The molecule has 2 aromatic carbocycles. The average molecular weight is 312 g/mol. The molecule has 0 saturated heterocycles. The van der Waals surface area contributed by atoms with E-state index < -0.39 is 11.9 Å². The predicted molar refractivity (Wildman–Crippen MR) is 84.9 cm³/mol. The number of carbonyl (C=O) groups excluding carboxylic acids is 2. The maximum absolute atomic E-state index is 12.4. The van der Waals surface area contributed by atoms with E-state index >= 15 is 0 Å². The zero-order valence-electron chi connectivity index (χ0n) is 12.8. The van der Waals surface area contributed by atoms with E-state index in [1.165, 1.54) is 0 Å². The monoisotopic (exact) mass is 312 g/mol. The minimum Gasteiger partial charge on any atom is -0.550 e. The van der Waals surface area contributed by atoms with Gasteiger partial charge in [0.25, 0.3) is 0 Å². The van der Waals surface area contributed by atoms with Crippen LogP contribution in [0.3, 0.4) is 0 Å². The third-order valence-corrected chi connectivity index (χ3v) is 3.47. The van der Waals surface area contributed by atoms with Crippen LogP contribution in [-0.4, -0.2) is 19.0 Å². The molecule has 2 aromatic rings. The lowest BCUT2D eigenvalue weighted by atomic mass is 9.95. The lowest BCUT2D eigenvalue weighted by molar-refractivity contribution is -0.306. The van der Waals surface area contributed by atoms with E-state index in [2.05, 4.69) is 5.32 Å². The molecular formula is C18H18NO4-. The first kappa shape index (κ1) is 16.5. The molecule has 120 valence electrons. The van der Waals surface area contributed by atoms with E-state index in [1.807, 2.05) is 30.3 Å². The second-order valence-electron chi connectivity index (χ2n) is 5.18. The first-order valence-corrected chi connectivity index (χ1v) is 7.27. The van der Waals surface area contributed by atoms with Gasteiger partial charge in [0, 0.05) is 17.6 Å². The topological polar surface area (TPSA) is 78.5 Å². The van der Waals surface area contributed by atoms with Crippen LogP contribution in [0.15, 0.2) is 54.6 Å². The molecule has 1 atom stereocenters. The molecule has 0 aliphatic rings. The molecule has 0 heterocycles. The van der Waals surface area contributed by atoms with Gasteiger partial charge in [-0.2, -0.15) is 0 Å². The zero-order chi connectivity index (χ0) is 16.7. The first-order valence-electron chi connectivity index (χ1n) is 7.27. The molecule has 0 radical (unpaired) electrons. The van der Waals surface area contributed by atoms with Crippen molar-refractivity contribution in [2.45, 2.75) is 12.8 Å². The van der Waals surface area contributed by atoms with Crippen molar-refractivity contribution in [3.05, 3.63) is 60.2 Å². The van der Waals surface area contributed by atoms with Crippen molar-refractivity contribution in [3.63, 3.8) is 0 Å². The summed E-state index contributed by atoms with van der Waals surface area (Å²) in [5.41, 5.74) is 1.50. The zero-order valence-corrected chi connectivity index (χ0v) is 12.8. The number of amides is 1. The molecule has 0 unspecified atom stereocenters. The third kappa shape index (κ3) is 5.14. The minimum absolute atomic E-state index is 0.323. The molecule has 0 bridgehead atoms. The van der Waals surface area contributed by atoms with Crippen LogP contribution in [0.25, 0.3) is 0 Å². The Kier molecular flexibility index (Phi) is 5.74. The second kappa shape index (κ2) is 7.98. The highest BCUT2D eigenvalue weighted by Gasteiger charge is 2.19. The maximum Gasteiger partial charge on any atom is 0.228 e. The molecule has 5 nitrogen and oxygen atoms in total. The Balaban J connectivity index is 2.07. The number of nitrogens with one attached hydrogen (secondary N) is 1. The molecule has 23 heavy (non-hydrogen) atoms. The van der Waals surface area contributed by atoms with Crippen molar-refractivity contribution in [1.29, 1.82) is 0 Å². The molecule has 1 N–H and O–H groups in total. The Bertz CT molecular complexity index is 652. The number of carboxylic acids is 1. The van der Waals surface area contributed by atoms with Crippen LogP contribution in [0, 0.1) is 5.92 Å². The van der Waals surface area contributed by atoms with Crippen LogP contribution in [0.2, 0.25) is 0 Å². The summed E-state index contributed by atoms with van der Waals surface area (Å²) in [5.74, 6) is -1.60. The third-order valence-electron chi connectivity index (χ3n) is 3.47.